The van der Waals surface area contributed by atoms with E-state index in [-0.39, 0.29) is 5.38 Å². The van der Waals surface area contributed by atoms with E-state index in [9.17, 15) is 0 Å². The fraction of sp³-hybridized carbons (Fsp3) is 0.368. The highest BCUT2D eigenvalue weighted by Gasteiger charge is 2.18. The molecule has 1 heterocycles. The highest BCUT2D eigenvalue weighted by atomic mass is 35.5. The molecule has 0 N–H and O–H groups in total. The van der Waals surface area contributed by atoms with Crippen LogP contribution in [-0.2, 0) is 0 Å². The molecule has 3 rings (SSSR count). The Morgan fingerprint density at radius 1 is 0.864 bits per heavy atom. The number of piperazine rings is 1. The molecule has 22 heavy (non-hydrogen) atoms. The normalized spacial score (nSPS) is 18.3. The van der Waals surface area contributed by atoms with E-state index in [1.54, 1.807) is 0 Å². The van der Waals surface area contributed by atoms with E-state index in [0.29, 0.717) is 0 Å². The molecule has 1 aliphatic heterocycles. The molecule has 2 aromatic rings. The van der Waals surface area contributed by atoms with Crippen molar-refractivity contribution in [2.45, 2.75) is 5.38 Å². The summed E-state index contributed by atoms with van der Waals surface area (Å²) in [7, 11) is 2.18. The molecule has 1 atom stereocenters. The van der Waals surface area contributed by atoms with Crippen molar-refractivity contribution >= 4 is 11.6 Å². The van der Waals surface area contributed by atoms with Crippen LogP contribution in [0.1, 0.15) is 10.9 Å². The number of halogens is 1. The Kier molecular flexibility index (Phi) is 5.14. The molecule has 1 unspecified atom stereocenters. The van der Waals surface area contributed by atoms with Crippen molar-refractivity contribution < 1.29 is 0 Å². The first-order chi connectivity index (χ1) is 10.7. The van der Waals surface area contributed by atoms with Crippen molar-refractivity contribution in [1.82, 2.24) is 9.80 Å². The summed E-state index contributed by atoms with van der Waals surface area (Å²) in [5, 5.41) is 0.0632. The fourth-order valence-electron chi connectivity index (χ4n) is 2.88. The van der Waals surface area contributed by atoms with E-state index >= 15 is 0 Å². The van der Waals surface area contributed by atoms with Crippen molar-refractivity contribution in [1.29, 1.82) is 0 Å². The summed E-state index contributed by atoms with van der Waals surface area (Å²) < 4.78 is 0. The maximum atomic E-state index is 6.62. The van der Waals surface area contributed by atoms with Crippen LogP contribution in [0.4, 0.5) is 0 Å². The lowest BCUT2D eigenvalue weighted by Gasteiger charge is -2.33. The maximum Gasteiger partial charge on any atom is 0.0712 e. The van der Waals surface area contributed by atoms with Gasteiger partial charge in [-0.2, -0.15) is 0 Å². The first-order valence-electron chi connectivity index (χ1n) is 7.93. The zero-order valence-electron chi connectivity index (χ0n) is 13.1. The van der Waals surface area contributed by atoms with E-state index < -0.39 is 0 Å². The summed E-state index contributed by atoms with van der Waals surface area (Å²) in [5.74, 6) is 0. The van der Waals surface area contributed by atoms with Crippen LogP contribution in [0.3, 0.4) is 0 Å². The Morgan fingerprint density at radius 3 is 2.09 bits per heavy atom. The predicted molar refractivity (Wildman–Crippen MR) is 94.4 cm³/mol. The first-order valence-corrected chi connectivity index (χ1v) is 8.36. The standard InChI is InChI=1S/C19H23ClN2/c1-21-11-13-22(14-12-21)15-19(20)18-9-7-17(8-10-18)16-5-3-2-4-6-16/h2-10,19H,11-15H2,1H3. The van der Waals surface area contributed by atoms with Gasteiger partial charge in [-0.25, -0.2) is 0 Å². The topological polar surface area (TPSA) is 6.48 Å². The molecular formula is C19H23ClN2. The molecule has 0 bridgehead atoms. The third kappa shape index (κ3) is 3.89. The second-order valence-electron chi connectivity index (χ2n) is 6.06. The molecule has 0 amide bonds. The summed E-state index contributed by atoms with van der Waals surface area (Å²) in [6.45, 7) is 5.43. The second-order valence-corrected chi connectivity index (χ2v) is 6.59. The molecule has 3 heteroatoms. The molecule has 0 spiro atoms. The molecule has 0 aliphatic carbocycles. The number of benzene rings is 2. The Morgan fingerprint density at radius 2 is 1.45 bits per heavy atom. The van der Waals surface area contributed by atoms with Gasteiger partial charge in [-0.3, -0.25) is 4.90 Å². The van der Waals surface area contributed by atoms with Gasteiger partial charge in [0.25, 0.3) is 0 Å². The number of likely N-dealkylation sites (N-methyl/N-ethyl adjacent to an activating group) is 1. The number of hydrogen-bond acceptors (Lipinski definition) is 2. The second kappa shape index (κ2) is 7.28. The van der Waals surface area contributed by atoms with Gasteiger partial charge in [0.05, 0.1) is 5.38 Å². The molecule has 1 aliphatic rings. The minimum atomic E-state index is 0.0632. The van der Waals surface area contributed by atoms with Crippen molar-refractivity contribution in [3.05, 3.63) is 60.2 Å². The van der Waals surface area contributed by atoms with Crippen molar-refractivity contribution in [2.75, 3.05) is 39.8 Å². The maximum absolute atomic E-state index is 6.62. The Hall–Kier alpha value is -1.35. The molecule has 0 saturated carbocycles. The number of rotatable bonds is 4. The highest BCUT2D eigenvalue weighted by Crippen LogP contribution is 2.26. The smallest absolute Gasteiger partial charge is 0.0712 e. The Labute approximate surface area is 138 Å². The van der Waals surface area contributed by atoms with Crippen LogP contribution in [0, 0.1) is 0 Å². The summed E-state index contributed by atoms with van der Waals surface area (Å²) in [5.41, 5.74) is 3.70. The van der Waals surface area contributed by atoms with Gasteiger partial charge in [0.2, 0.25) is 0 Å². The summed E-state index contributed by atoms with van der Waals surface area (Å²) >= 11 is 6.62. The molecule has 116 valence electrons. The van der Waals surface area contributed by atoms with Crippen LogP contribution >= 0.6 is 11.6 Å². The average Bonchev–Trinajstić information content (AvgIpc) is 2.58. The van der Waals surface area contributed by atoms with Gasteiger partial charge in [0.15, 0.2) is 0 Å². The molecule has 2 aromatic carbocycles. The Bertz CT molecular complexity index is 574. The monoisotopic (exact) mass is 314 g/mol. The molecule has 1 fully saturated rings. The molecule has 1 saturated heterocycles. The SMILES string of the molecule is CN1CCN(CC(Cl)c2ccc(-c3ccccc3)cc2)CC1. The first kappa shape index (κ1) is 15.5. The van der Waals surface area contributed by atoms with E-state index in [2.05, 4.69) is 65.4 Å². The highest BCUT2D eigenvalue weighted by molar-refractivity contribution is 6.21. The number of hydrogen-bond donors (Lipinski definition) is 0. The number of nitrogens with zero attached hydrogens (tertiary/aromatic N) is 2. The fourth-order valence-corrected chi connectivity index (χ4v) is 3.22. The lowest BCUT2D eigenvalue weighted by molar-refractivity contribution is 0.154. The van der Waals surface area contributed by atoms with Crippen LogP contribution in [-0.4, -0.2) is 49.6 Å². The summed E-state index contributed by atoms with van der Waals surface area (Å²) in [4.78, 5) is 4.83. The van der Waals surface area contributed by atoms with Crippen LogP contribution in [0.2, 0.25) is 0 Å². The third-order valence-corrected chi connectivity index (χ3v) is 4.78. The van der Waals surface area contributed by atoms with E-state index in [4.69, 9.17) is 11.6 Å². The van der Waals surface area contributed by atoms with Crippen LogP contribution in [0.15, 0.2) is 54.6 Å². The Balaban J connectivity index is 1.62. The van der Waals surface area contributed by atoms with E-state index in [1.165, 1.54) is 16.7 Å². The van der Waals surface area contributed by atoms with Crippen LogP contribution in [0.5, 0.6) is 0 Å². The van der Waals surface area contributed by atoms with Crippen molar-refractivity contribution in [2.24, 2.45) is 0 Å². The average molecular weight is 315 g/mol. The van der Waals surface area contributed by atoms with Crippen LogP contribution in [0.25, 0.3) is 11.1 Å². The minimum Gasteiger partial charge on any atom is -0.304 e. The number of alkyl halides is 1. The largest absolute Gasteiger partial charge is 0.304 e. The lowest BCUT2D eigenvalue weighted by atomic mass is 10.0. The van der Waals surface area contributed by atoms with Gasteiger partial charge in [0.1, 0.15) is 0 Å². The lowest BCUT2D eigenvalue weighted by Crippen LogP contribution is -2.45. The van der Waals surface area contributed by atoms with Gasteiger partial charge in [-0.05, 0) is 23.7 Å². The van der Waals surface area contributed by atoms with Crippen LogP contribution < -0.4 is 0 Å². The van der Waals surface area contributed by atoms with E-state index in [0.717, 1.165) is 32.7 Å². The minimum absolute atomic E-state index is 0.0632. The zero-order chi connectivity index (χ0) is 15.4. The van der Waals surface area contributed by atoms with Gasteiger partial charge < -0.3 is 4.90 Å². The third-order valence-electron chi connectivity index (χ3n) is 4.39. The zero-order valence-corrected chi connectivity index (χ0v) is 13.8. The molecule has 0 radical (unpaired) electrons. The van der Waals surface area contributed by atoms with Gasteiger partial charge in [-0.1, -0.05) is 54.6 Å². The molecular weight excluding hydrogens is 292 g/mol. The molecule has 2 nitrogen and oxygen atoms in total. The van der Waals surface area contributed by atoms with Gasteiger partial charge >= 0.3 is 0 Å². The van der Waals surface area contributed by atoms with Gasteiger partial charge in [0, 0.05) is 32.7 Å². The van der Waals surface area contributed by atoms with Gasteiger partial charge in [-0.15, -0.1) is 11.6 Å². The quantitative estimate of drug-likeness (QED) is 0.790. The summed E-state index contributed by atoms with van der Waals surface area (Å²) in [6, 6.07) is 19.1. The van der Waals surface area contributed by atoms with Crippen molar-refractivity contribution in [3.63, 3.8) is 0 Å². The van der Waals surface area contributed by atoms with Crippen molar-refractivity contribution in [3.8, 4) is 11.1 Å². The predicted octanol–water partition coefficient (Wildman–Crippen LogP) is 3.88. The molecule has 0 aromatic heterocycles. The summed E-state index contributed by atoms with van der Waals surface area (Å²) in [6.07, 6.45) is 0. The van der Waals surface area contributed by atoms with E-state index in [1.807, 2.05) is 6.07 Å².